The third-order valence-corrected chi connectivity index (χ3v) is 4.05. The molecule has 0 bridgehead atoms. The average molecular weight is 298 g/mol. The molecule has 0 aliphatic rings. The Bertz CT molecular complexity index is 272. The minimum Gasteiger partial charge on any atom is -0.481 e. The average Bonchev–Trinajstić information content (AvgIpc) is 2.43. The van der Waals surface area contributed by atoms with Crippen LogP contribution in [0, 0.1) is 0 Å². The van der Waals surface area contributed by atoms with E-state index in [2.05, 4.69) is 31.2 Å². The first-order valence-electron chi connectivity index (χ1n) is 7.87. The molecule has 2 nitrogen and oxygen atoms in total. The lowest BCUT2D eigenvalue weighted by Crippen LogP contribution is -1.93. The fourth-order valence-electron chi connectivity index (χ4n) is 1.82. The highest BCUT2D eigenvalue weighted by molar-refractivity contribution is 7.99. The normalized spacial score (nSPS) is 11.7. The van der Waals surface area contributed by atoms with Crippen molar-refractivity contribution in [3.05, 3.63) is 24.3 Å². The molecule has 0 rings (SSSR count). The van der Waals surface area contributed by atoms with Crippen LogP contribution in [-0.2, 0) is 4.79 Å². The SMILES string of the molecule is CCCSCC=CCC=CCCCCCCCC(=O)O. The first kappa shape index (κ1) is 19.3. The van der Waals surface area contributed by atoms with Crippen LogP contribution < -0.4 is 0 Å². The Morgan fingerprint density at radius 3 is 2.45 bits per heavy atom. The summed E-state index contributed by atoms with van der Waals surface area (Å²) in [5.41, 5.74) is 0. The highest BCUT2D eigenvalue weighted by Crippen LogP contribution is 2.08. The second kappa shape index (κ2) is 16.4. The molecule has 0 atom stereocenters. The number of carboxylic acids is 1. The Hall–Kier alpha value is -0.700. The van der Waals surface area contributed by atoms with Crippen molar-refractivity contribution in [3.63, 3.8) is 0 Å². The monoisotopic (exact) mass is 298 g/mol. The number of rotatable bonds is 14. The van der Waals surface area contributed by atoms with E-state index in [0.717, 1.165) is 37.9 Å². The van der Waals surface area contributed by atoms with Crippen LogP contribution in [-0.4, -0.2) is 22.6 Å². The summed E-state index contributed by atoms with van der Waals surface area (Å²) in [5, 5.41) is 8.50. The summed E-state index contributed by atoms with van der Waals surface area (Å²) >= 11 is 1.99. The van der Waals surface area contributed by atoms with Gasteiger partial charge in [-0.2, -0.15) is 11.8 Å². The summed E-state index contributed by atoms with van der Waals surface area (Å²) in [6.07, 6.45) is 18.3. The largest absolute Gasteiger partial charge is 0.481 e. The molecule has 0 heterocycles. The van der Waals surface area contributed by atoms with Crippen molar-refractivity contribution >= 4 is 17.7 Å². The summed E-state index contributed by atoms with van der Waals surface area (Å²) < 4.78 is 0. The van der Waals surface area contributed by atoms with Crippen molar-refractivity contribution in [2.24, 2.45) is 0 Å². The summed E-state index contributed by atoms with van der Waals surface area (Å²) in [7, 11) is 0. The summed E-state index contributed by atoms with van der Waals surface area (Å²) in [5.74, 6) is 1.72. The van der Waals surface area contributed by atoms with Crippen molar-refractivity contribution in [1.82, 2.24) is 0 Å². The van der Waals surface area contributed by atoms with Crippen LogP contribution in [0.3, 0.4) is 0 Å². The molecule has 1 N–H and O–H groups in total. The van der Waals surface area contributed by atoms with E-state index < -0.39 is 5.97 Å². The second-order valence-electron chi connectivity index (χ2n) is 4.95. The molecule has 0 radical (unpaired) electrons. The molecule has 20 heavy (non-hydrogen) atoms. The predicted molar refractivity (Wildman–Crippen MR) is 90.5 cm³/mol. The van der Waals surface area contributed by atoms with Gasteiger partial charge in [0, 0.05) is 12.2 Å². The van der Waals surface area contributed by atoms with Crippen LogP contribution >= 0.6 is 11.8 Å². The summed E-state index contributed by atoms with van der Waals surface area (Å²) in [6.45, 7) is 2.21. The van der Waals surface area contributed by atoms with E-state index in [1.165, 1.54) is 25.0 Å². The number of hydrogen-bond donors (Lipinski definition) is 1. The zero-order chi connectivity index (χ0) is 14.9. The van der Waals surface area contributed by atoms with Gasteiger partial charge in [0.1, 0.15) is 0 Å². The lowest BCUT2D eigenvalue weighted by molar-refractivity contribution is -0.137. The molecule has 0 saturated carbocycles. The number of carboxylic acid groups (broad SMARTS) is 1. The molecule has 0 fully saturated rings. The molecule has 0 spiro atoms. The highest BCUT2D eigenvalue weighted by atomic mass is 32.2. The maximum Gasteiger partial charge on any atom is 0.303 e. The van der Waals surface area contributed by atoms with E-state index in [-0.39, 0.29) is 0 Å². The predicted octanol–water partition coefficient (Wildman–Crippen LogP) is 5.45. The fourth-order valence-corrected chi connectivity index (χ4v) is 2.55. The minimum atomic E-state index is -0.672. The molecule has 116 valence electrons. The number of carbonyl (C=O) groups is 1. The Morgan fingerprint density at radius 2 is 1.70 bits per heavy atom. The number of thioether (sulfide) groups is 1. The van der Waals surface area contributed by atoms with Crippen LogP contribution in [0.15, 0.2) is 24.3 Å². The molecule has 0 aliphatic carbocycles. The van der Waals surface area contributed by atoms with E-state index in [1.807, 2.05) is 11.8 Å². The van der Waals surface area contributed by atoms with Crippen molar-refractivity contribution in [2.45, 2.75) is 64.7 Å². The van der Waals surface area contributed by atoms with Crippen LogP contribution in [0.2, 0.25) is 0 Å². The number of unbranched alkanes of at least 4 members (excludes halogenated alkanes) is 5. The molecule has 0 amide bonds. The zero-order valence-corrected chi connectivity index (χ0v) is 13.7. The molecule has 0 aromatic heterocycles. The molecular formula is C17H30O2S. The molecular weight excluding hydrogens is 268 g/mol. The molecule has 0 aromatic rings. The third-order valence-electron chi connectivity index (χ3n) is 2.93. The first-order chi connectivity index (χ1) is 9.77. The maximum absolute atomic E-state index is 10.3. The molecule has 0 aromatic carbocycles. The minimum absolute atomic E-state index is 0.322. The standard InChI is InChI=1S/C17H30O2S/c1-2-15-20-16-13-11-9-7-5-3-4-6-8-10-12-14-17(18)19/h5,7,11,13H,2-4,6,8-10,12,14-16H2,1H3,(H,18,19). The van der Waals surface area contributed by atoms with Crippen LogP contribution in [0.25, 0.3) is 0 Å². The summed E-state index contributed by atoms with van der Waals surface area (Å²) in [4.78, 5) is 10.3. The van der Waals surface area contributed by atoms with Crippen molar-refractivity contribution in [2.75, 3.05) is 11.5 Å². The zero-order valence-electron chi connectivity index (χ0n) is 12.9. The lowest BCUT2D eigenvalue weighted by Gasteiger charge is -1.98. The van der Waals surface area contributed by atoms with E-state index in [0.29, 0.717) is 6.42 Å². The van der Waals surface area contributed by atoms with E-state index >= 15 is 0 Å². The Balaban J connectivity index is 3.17. The van der Waals surface area contributed by atoms with Gasteiger partial charge in [0.05, 0.1) is 0 Å². The van der Waals surface area contributed by atoms with Gasteiger partial charge in [-0.25, -0.2) is 0 Å². The lowest BCUT2D eigenvalue weighted by atomic mass is 10.1. The molecule has 0 unspecified atom stereocenters. The Kier molecular flexibility index (Phi) is 15.8. The van der Waals surface area contributed by atoms with Gasteiger partial charge in [0.15, 0.2) is 0 Å². The van der Waals surface area contributed by atoms with E-state index in [1.54, 1.807) is 0 Å². The van der Waals surface area contributed by atoms with Gasteiger partial charge < -0.3 is 5.11 Å². The molecule has 3 heteroatoms. The van der Waals surface area contributed by atoms with Crippen LogP contribution in [0.1, 0.15) is 64.7 Å². The topological polar surface area (TPSA) is 37.3 Å². The van der Waals surface area contributed by atoms with Crippen LogP contribution in [0.5, 0.6) is 0 Å². The van der Waals surface area contributed by atoms with Gasteiger partial charge in [-0.05, 0) is 37.9 Å². The van der Waals surface area contributed by atoms with Gasteiger partial charge in [-0.1, -0.05) is 50.5 Å². The number of hydrogen-bond acceptors (Lipinski definition) is 2. The number of aliphatic carboxylic acids is 1. The van der Waals surface area contributed by atoms with Gasteiger partial charge in [-0.15, -0.1) is 0 Å². The van der Waals surface area contributed by atoms with Crippen LogP contribution in [0.4, 0.5) is 0 Å². The highest BCUT2D eigenvalue weighted by Gasteiger charge is 1.95. The van der Waals surface area contributed by atoms with Crippen molar-refractivity contribution in [1.29, 1.82) is 0 Å². The van der Waals surface area contributed by atoms with E-state index in [9.17, 15) is 4.79 Å². The van der Waals surface area contributed by atoms with Gasteiger partial charge in [0.2, 0.25) is 0 Å². The molecule has 0 aliphatic heterocycles. The van der Waals surface area contributed by atoms with Gasteiger partial charge in [0.25, 0.3) is 0 Å². The number of allylic oxidation sites excluding steroid dienone is 3. The Labute approximate surface area is 128 Å². The third kappa shape index (κ3) is 17.3. The van der Waals surface area contributed by atoms with E-state index in [4.69, 9.17) is 5.11 Å². The second-order valence-corrected chi connectivity index (χ2v) is 6.10. The molecule has 0 saturated heterocycles. The fraction of sp³-hybridized carbons (Fsp3) is 0.706. The summed E-state index contributed by atoms with van der Waals surface area (Å²) in [6, 6.07) is 0. The van der Waals surface area contributed by atoms with Gasteiger partial charge in [-0.3, -0.25) is 4.79 Å². The van der Waals surface area contributed by atoms with Gasteiger partial charge >= 0.3 is 5.97 Å². The Morgan fingerprint density at radius 1 is 1.00 bits per heavy atom. The quantitative estimate of drug-likeness (QED) is 0.342. The maximum atomic E-state index is 10.3. The van der Waals surface area contributed by atoms with Crippen molar-refractivity contribution < 1.29 is 9.90 Å². The first-order valence-corrected chi connectivity index (χ1v) is 9.02. The van der Waals surface area contributed by atoms with Crippen molar-refractivity contribution in [3.8, 4) is 0 Å². The smallest absolute Gasteiger partial charge is 0.303 e.